The molecule has 1 aromatic rings. The van der Waals surface area contributed by atoms with Crippen LogP contribution in [0.15, 0.2) is 18.2 Å². The number of piperidine rings is 1. The van der Waals surface area contributed by atoms with Gasteiger partial charge in [0.15, 0.2) is 5.60 Å². The van der Waals surface area contributed by atoms with Gasteiger partial charge in [-0.3, -0.25) is 0 Å². The molecule has 0 atom stereocenters. The lowest BCUT2D eigenvalue weighted by Crippen LogP contribution is -2.55. The number of benzene rings is 1. The predicted molar refractivity (Wildman–Crippen MR) is 77.0 cm³/mol. The molecule has 0 bridgehead atoms. The number of hydrogen-bond acceptors (Lipinski definition) is 2. The Kier molecular flexibility index (Phi) is 4.58. The van der Waals surface area contributed by atoms with Crippen LogP contribution in [0.3, 0.4) is 0 Å². The zero-order chi connectivity index (χ0) is 16.5. The number of aryl methyl sites for hydroxylation is 1. The fourth-order valence-corrected chi connectivity index (χ4v) is 2.47. The van der Waals surface area contributed by atoms with Gasteiger partial charge in [0.2, 0.25) is 0 Å². The van der Waals surface area contributed by atoms with E-state index in [0.717, 1.165) is 5.56 Å². The summed E-state index contributed by atoms with van der Waals surface area (Å²) >= 11 is 6.06. The molecule has 2 amide bonds. The normalized spacial score (nSPS) is 18.2. The molecular formula is C14H16ClF3N2O2. The van der Waals surface area contributed by atoms with Gasteiger partial charge in [-0.05, 0) is 18.6 Å². The summed E-state index contributed by atoms with van der Waals surface area (Å²) in [5.74, 6) is 0. The predicted octanol–water partition coefficient (Wildman–Crippen LogP) is 3.57. The summed E-state index contributed by atoms with van der Waals surface area (Å²) in [7, 11) is 0. The molecular weight excluding hydrogens is 321 g/mol. The number of amides is 2. The highest BCUT2D eigenvalue weighted by Crippen LogP contribution is 2.38. The van der Waals surface area contributed by atoms with Crippen molar-refractivity contribution in [2.24, 2.45) is 0 Å². The zero-order valence-corrected chi connectivity index (χ0v) is 12.6. The lowest BCUT2D eigenvalue weighted by atomic mass is 9.91. The third-order valence-electron chi connectivity index (χ3n) is 3.84. The second-order valence-electron chi connectivity index (χ2n) is 5.38. The highest BCUT2D eigenvalue weighted by atomic mass is 35.5. The fraction of sp³-hybridized carbons (Fsp3) is 0.500. The number of nitrogens with zero attached hydrogens (tertiary/aromatic N) is 1. The number of carbonyl (C=O) groups excluding carboxylic acids is 1. The van der Waals surface area contributed by atoms with E-state index in [9.17, 15) is 23.1 Å². The lowest BCUT2D eigenvalue weighted by molar-refractivity contribution is -0.271. The SMILES string of the molecule is Cc1cccc(NC(=O)N2CCC(O)(C(F)(F)F)CC2)c1Cl. The topological polar surface area (TPSA) is 52.6 Å². The molecule has 0 radical (unpaired) electrons. The van der Waals surface area contributed by atoms with Gasteiger partial charge in [0, 0.05) is 25.9 Å². The van der Waals surface area contributed by atoms with Gasteiger partial charge in [-0.15, -0.1) is 0 Å². The van der Waals surface area contributed by atoms with Gasteiger partial charge in [-0.2, -0.15) is 13.2 Å². The van der Waals surface area contributed by atoms with E-state index in [4.69, 9.17) is 11.6 Å². The van der Waals surface area contributed by atoms with E-state index in [2.05, 4.69) is 5.32 Å². The second kappa shape index (κ2) is 5.96. The maximum absolute atomic E-state index is 12.7. The smallest absolute Gasteiger partial charge is 0.380 e. The van der Waals surface area contributed by atoms with Crippen molar-refractivity contribution in [1.82, 2.24) is 4.90 Å². The first-order valence-corrected chi connectivity index (χ1v) is 7.12. The second-order valence-corrected chi connectivity index (χ2v) is 5.76. The number of rotatable bonds is 1. The number of carbonyl (C=O) groups is 1. The van der Waals surface area contributed by atoms with Gasteiger partial charge in [0.25, 0.3) is 0 Å². The van der Waals surface area contributed by atoms with E-state index < -0.39 is 30.7 Å². The molecule has 0 aliphatic carbocycles. The Morgan fingerprint density at radius 1 is 1.36 bits per heavy atom. The fourth-order valence-electron chi connectivity index (χ4n) is 2.30. The number of halogens is 4. The average molecular weight is 337 g/mol. The maximum Gasteiger partial charge on any atom is 0.417 e. The number of nitrogens with one attached hydrogen (secondary N) is 1. The standard InChI is InChI=1S/C14H16ClF3N2O2/c1-9-3-2-4-10(11(9)15)19-12(21)20-7-5-13(22,6-8-20)14(16,17)18/h2-4,22H,5-8H2,1H3,(H,19,21). The molecule has 0 unspecified atom stereocenters. The van der Waals surface area contributed by atoms with Gasteiger partial charge in [0.05, 0.1) is 10.7 Å². The molecule has 0 spiro atoms. The number of aliphatic hydroxyl groups is 1. The Hall–Kier alpha value is -1.47. The number of alkyl halides is 3. The summed E-state index contributed by atoms with van der Waals surface area (Å²) in [6.07, 6.45) is -5.76. The summed E-state index contributed by atoms with van der Waals surface area (Å²) in [5.41, 5.74) is -1.53. The summed E-state index contributed by atoms with van der Waals surface area (Å²) in [5, 5.41) is 12.5. The van der Waals surface area contributed by atoms with Crippen LogP contribution >= 0.6 is 11.6 Å². The number of anilines is 1. The largest absolute Gasteiger partial charge is 0.417 e. The summed E-state index contributed by atoms with van der Waals surface area (Å²) in [6, 6.07) is 4.58. The quantitative estimate of drug-likeness (QED) is 0.823. The highest BCUT2D eigenvalue weighted by Gasteiger charge is 2.54. The van der Waals surface area contributed by atoms with Crippen LogP contribution in [-0.4, -0.2) is 40.9 Å². The van der Waals surface area contributed by atoms with Gasteiger partial charge in [-0.1, -0.05) is 23.7 Å². The molecule has 1 aromatic carbocycles. The van der Waals surface area contributed by atoms with Crippen LogP contribution in [0.1, 0.15) is 18.4 Å². The van der Waals surface area contributed by atoms with Crippen molar-refractivity contribution in [3.8, 4) is 0 Å². The summed E-state index contributed by atoms with van der Waals surface area (Å²) in [4.78, 5) is 13.3. The number of hydrogen-bond donors (Lipinski definition) is 2. The third kappa shape index (κ3) is 3.30. The van der Waals surface area contributed by atoms with Crippen LogP contribution in [0.25, 0.3) is 0 Å². The van der Waals surface area contributed by atoms with Crippen molar-refractivity contribution in [3.05, 3.63) is 28.8 Å². The monoisotopic (exact) mass is 336 g/mol. The Morgan fingerprint density at radius 3 is 2.50 bits per heavy atom. The van der Waals surface area contributed by atoms with E-state index in [1.165, 1.54) is 4.90 Å². The number of likely N-dealkylation sites (tertiary alicyclic amines) is 1. The molecule has 4 nitrogen and oxygen atoms in total. The molecule has 1 heterocycles. The van der Waals surface area contributed by atoms with Crippen molar-refractivity contribution < 1.29 is 23.1 Å². The molecule has 2 rings (SSSR count). The highest BCUT2D eigenvalue weighted by molar-refractivity contribution is 6.34. The first kappa shape index (κ1) is 16.9. The minimum absolute atomic E-state index is 0.175. The summed E-state index contributed by atoms with van der Waals surface area (Å²) < 4.78 is 38.1. The summed E-state index contributed by atoms with van der Waals surface area (Å²) in [6.45, 7) is 1.43. The van der Waals surface area contributed by atoms with Crippen molar-refractivity contribution in [2.45, 2.75) is 31.5 Å². The Labute approximate surface area is 130 Å². The van der Waals surface area contributed by atoms with Crippen molar-refractivity contribution >= 4 is 23.3 Å². The Balaban J connectivity index is 2.00. The lowest BCUT2D eigenvalue weighted by Gasteiger charge is -2.39. The molecule has 1 aliphatic heterocycles. The van der Waals surface area contributed by atoms with Crippen molar-refractivity contribution in [2.75, 3.05) is 18.4 Å². The van der Waals surface area contributed by atoms with E-state index in [-0.39, 0.29) is 13.1 Å². The minimum atomic E-state index is -4.69. The zero-order valence-electron chi connectivity index (χ0n) is 11.9. The molecule has 8 heteroatoms. The van der Waals surface area contributed by atoms with Crippen LogP contribution in [-0.2, 0) is 0 Å². The van der Waals surface area contributed by atoms with Crippen molar-refractivity contribution in [1.29, 1.82) is 0 Å². The Bertz CT molecular complexity index is 570. The molecule has 1 aliphatic rings. The third-order valence-corrected chi connectivity index (χ3v) is 4.34. The van der Waals surface area contributed by atoms with Crippen molar-refractivity contribution in [3.63, 3.8) is 0 Å². The van der Waals surface area contributed by atoms with Gasteiger partial charge in [0.1, 0.15) is 0 Å². The van der Waals surface area contributed by atoms with E-state index in [0.29, 0.717) is 10.7 Å². The van der Waals surface area contributed by atoms with Crippen LogP contribution in [0, 0.1) is 6.92 Å². The van der Waals surface area contributed by atoms with Gasteiger partial charge in [-0.25, -0.2) is 4.79 Å². The van der Waals surface area contributed by atoms with Crippen LogP contribution in [0.4, 0.5) is 23.7 Å². The average Bonchev–Trinajstić information content (AvgIpc) is 2.43. The number of urea groups is 1. The molecule has 1 saturated heterocycles. The van der Waals surface area contributed by atoms with E-state index in [1.807, 2.05) is 0 Å². The molecule has 122 valence electrons. The minimum Gasteiger partial charge on any atom is -0.380 e. The molecule has 1 fully saturated rings. The molecule has 0 aromatic heterocycles. The van der Waals surface area contributed by atoms with E-state index >= 15 is 0 Å². The van der Waals surface area contributed by atoms with Crippen LogP contribution in [0.5, 0.6) is 0 Å². The van der Waals surface area contributed by atoms with Crippen LogP contribution in [0.2, 0.25) is 5.02 Å². The van der Waals surface area contributed by atoms with E-state index in [1.54, 1.807) is 25.1 Å². The molecule has 2 N–H and O–H groups in total. The van der Waals surface area contributed by atoms with Gasteiger partial charge < -0.3 is 15.3 Å². The molecule has 0 saturated carbocycles. The van der Waals surface area contributed by atoms with Gasteiger partial charge >= 0.3 is 12.2 Å². The first-order valence-electron chi connectivity index (χ1n) is 6.74. The Morgan fingerprint density at radius 2 is 1.95 bits per heavy atom. The molecule has 22 heavy (non-hydrogen) atoms. The maximum atomic E-state index is 12.7. The van der Waals surface area contributed by atoms with Crippen LogP contribution < -0.4 is 5.32 Å². The first-order chi connectivity index (χ1) is 10.1.